The quantitative estimate of drug-likeness (QED) is 0.757. The van der Waals surface area contributed by atoms with Crippen LogP contribution in [0.4, 0.5) is 5.69 Å². The SMILES string of the molecule is CCN(C(=S)c1ccc(Cl)cc1)c1ccccc1. The molecule has 0 aliphatic rings. The Balaban J connectivity index is 2.28. The zero-order chi connectivity index (χ0) is 13.0. The summed E-state index contributed by atoms with van der Waals surface area (Å²) in [6.07, 6.45) is 0. The first kappa shape index (κ1) is 13.1. The molecule has 0 atom stereocenters. The first-order chi connectivity index (χ1) is 8.72. The number of hydrogen-bond acceptors (Lipinski definition) is 1. The smallest absolute Gasteiger partial charge is 0.113 e. The first-order valence-corrected chi connectivity index (χ1v) is 6.63. The van der Waals surface area contributed by atoms with Crippen LogP contribution < -0.4 is 4.90 Å². The Kier molecular flexibility index (Phi) is 4.34. The van der Waals surface area contributed by atoms with E-state index in [1.54, 1.807) is 0 Å². The molecule has 2 rings (SSSR count). The molecular formula is C15H14ClNS. The number of halogens is 1. The van der Waals surface area contributed by atoms with Crippen molar-refractivity contribution < 1.29 is 0 Å². The first-order valence-electron chi connectivity index (χ1n) is 5.85. The average Bonchev–Trinajstić information content (AvgIpc) is 2.41. The van der Waals surface area contributed by atoms with E-state index in [0.29, 0.717) is 0 Å². The maximum atomic E-state index is 5.89. The number of anilines is 1. The molecule has 0 aliphatic carbocycles. The van der Waals surface area contributed by atoms with E-state index in [1.165, 1.54) is 0 Å². The Morgan fingerprint density at radius 2 is 1.67 bits per heavy atom. The highest BCUT2D eigenvalue weighted by molar-refractivity contribution is 7.81. The van der Waals surface area contributed by atoms with Crippen LogP contribution in [0.3, 0.4) is 0 Å². The Bertz CT molecular complexity index is 522. The van der Waals surface area contributed by atoms with Gasteiger partial charge < -0.3 is 4.90 Å². The highest BCUT2D eigenvalue weighted by Crippen LogP contribution is 2.18. The minimum atomic E-state index is 0.726. The molecule has 0 aromatic heterocycles. The molecular weight excluding hydrogens is 262 g/mol. The van der Waals surface area contributed by atoms with Crippen LogP contribution in [0.1, 0.15) is 12.5 Å². The number of hydrogen-bond donors (Lipinski definition) is 0. The second-order valence-electron chi connectivity index (χ2n) is 3.89. The minimum absolute atomic E-state index is 0.726. The molecule has 3 heteroatoms. The van der Waals surface area contributed by atoms with Crippen molar-refractivity contribution >= 4 is 34.5 Å². The van der Waals surface area contributed by atoms with Gasteiger partial charge >= 0.3 is 0 Å². The summed E-state index contributed by atoms with van der Waals surface area (Å²) in [5, 5.41) is 0.726. The zero-order valence-electron chi connectivity index (χ0n) is 10.1. The molecule has 0 radical (unpaired) electrons. The molecule has 2 aromatic carbocycles. The van der Waals surface area contributed by atoms with Crippen LogP contribution in [-0.2, 0) is 0 Å². The lowest BCUT2D eigenvalue weighted by molar-refractivity contribution is 1.07. The van der Waals surface area contributed by atoms with Crippen molar-refractivity contribution in [1.29, 1.82) is 0 Å². The molecule has 92 valence electrons. The van der Waals surface area contributed by atoms with E-state index in [0.717, 1.165) is 27.8 Å². The van der Waals surface area contributed by atoms with Gasteiger partial charge in [0.25, 0.3) is 0 Å². The molecule has 0 saturated heterocycles. The van der Waals surface area contributed by atoms with E-state index in [4.69, 9.17) is 23.8 Å². The molecule has 1 nitrogen and oxygen atoms in total. The highest BCUT2D eigenvalue weighted by Gasteiger charge is 2.11. The molecule has 0 spiro atoms. The standard InChI is InChI=1S/C15H14ClNS/c1-2-17(14-6-4-3-5-7-14)15(18)12-8-10-13(16)11-9-12/h3-11H,2H2,1H3. The van der Waals surface area contributed by atoms with Crippen LogP contribution in [0, 0.1) is 0 Å². The third kappa shape index (κ3) is 2.89. The van der Waals surface area contributed by atoms with Gasteiger partial charge in [0.15, 0.2) is 0 Å². The topological polar surface area (TPSA) is 3.24 Å². The van der Waals surface area contributed by atoms with Crippen molar-refractivity contribution in [2.24, 2.45) is 0 Å². The van der Waals surface area contributed by atoms with Gasteiger partial charge in [0, 0.05) is 22.8 Å². The molecule has 18 heavy (non-hydrogen) atoms. The van der Waals surface area contributed by atoms with Crippen LogP contribution in [0.15, 0.2) is 54.6 Å². The fourth-order valence-electron chi connectivity index (χ4n) is 1.80. The second-order valence-corrected chi connectivity index (χ2v) is 4.71. The summed E-state index contributed by atoms with van der Waals surface area (Å²) < 4.78 is 0. The minimum Gasteiger partial charge on any atom is -0.332 e. The largest absolute Gasteiger partial charge is 0.332 e. The van der Waals surface area contributed by atoms with Crippen molar-refractivity contribution in [3.63, 3.8) is 0 Å². The van der Waals surface area contributed by atoms with Gasteiger partial charge in [-0.15, -0.1) is 0 Å². The summed E-state index contributed by atoms with van der Waals surface area (Å²) in [5.41, 5.74) is 2.13. The fraction of sp³-hybridized carbons (Fsp3) is 0.133. The Morgan fingerprint density at radius 1 is 1.06 bits per heavy atom. The maximum Gasteiger partial charge on any atom is 0.113 e. The van der Waals surface area contributed by atoms with Crippen LogP contribution in [-0.4, -0.2) is 11.5 Å². The van der Waals surface area contributed by atoms with E-state index in [-0.39, 0.29) is 0 Å². The van der Waals surface area contributed by atoms with Crippen LogP contribution in [0.2, 0.25) is 5.02 Å². The molecule has 0 N–H and O–H groups in total. The van der Waals surface area contributed by atoms with Crippen molar-refractivity contribution in [3.8, 4) is 0 Å². The van der Waals surface area contributed by atoms with Crippen molar-refractivity contribution in [2.45, 2.75) is 6.92 Å². The molecule has 0 amide bonds. The van der Waals surface area contributed by atoms with Gasteiger partial charge in [-0.3, -0.25) is 0 Å². The number of thiocarbonyl (C=S) groups is 1. The molecule has 2 aromatic rings. The third-order valence-electron chi connectivity index (χ3n) is 2.72. The monoisotopic (exact) mass is 275 g/mol. The lowest BCUT2D eigenvalue weighted by atomic mass is 10.2. The third-order valence-corrected chi connectivity index (χ3v) is 3.43. The summed E-state index contributed by atoms with van der Waals surface area (Å²) in [7, 11) is 0. The number of rotatable bonds is 3. The number of benzene rings is 2. The Morgan fingerprint density at radius 3 is 2.22 bits per heavy atom. The number of nitrogens with zero attached hydrogens (tertiary/aromatic N) is 1. The molecule has 0 unspecified atom stereocenters. The van der Waals surface area contributed by atoms with Gasteiger partial charge in [-0.05, 0) is 31.2 Å². The van der Waals surface area contributed by atoms with Crippen molar-refractivity contribution in [2.75, 3.05) is 11.4 Å². The van der Waals surface area contributed by atoms with Crippen LogP contribution in [0.5, 0.6) is 0 Å². The Hall–Kier alpha value is -1.38. The van der Waals surface area contributed by atoms with Crippen molar-refractivity contribution in [1.82, 2.24) is 0 Å². The van der Waals surface area contributed by atoms with Gasteiger partial charge in [-0.2, -0.15) is 0 Å². The fourth-order valence-corrected chi connectivity index (χ4v) is 2.30. The zero-order valence-corrected chi connectivity index (χ0v) is 11.7. The van der Waals surface area contributed by atoms with Gasteiger partial charge in [0.1, 0.15) is 4.99 Å². The van der Waals surface area contributed by atoms with Crippen LogP contribution >= 0.6 is 23.8 Å². The predicted molar refractivity (Wildman–Crippen MR) is 82.6 cm³/mol. The highest BCUT2D eigenvalue weighted by atomic mass is 35.5. The van der Waals surface area contributed by atoms with E-state index in [1.807, 2.05) is 42.5 Å². The summed E-state index contributed by atoms with van der Waals surface area (Å²) in [6.45, 7) is 2.93. The molecule has 0 heterocycles. The lowest BCUT2D eigenvalue weighted by Gasteiger charge is -2.24. The van der Waals surface area contributed by atoms with E-state index < -0.39 is 0 Å². The molecule has 0 saturated carbocycles. The van der Waals surface area contributed by atoms with Crippen LogP contribution in [0.25, 0.3) is 0 Å². The molecule has 0 fully saturated rings. The van der Waals surface area contributed by atoms with E-state index in [9.17, 15) is 0 Å². The maximum absolute atomic E-state index is 5.89. The summed E-state index contributed by atoms with van der Waals surface area (Å²) in [6, 6.07) is 17.8. The molecule has 0 aliphatic heterocycles. The van der Waals surface area contributed by atoms with Gasteiger partial charge in [0.05, 0.1) is 0 Å². The predicted octanol–water partition coefficient (Wildman–Crippen LogP) is 4.54. The van der Waals surface area contributed by atoms with Crippen molar-refractivity contribution in [3.05, 3.63) is 65.2 Å². The van der Waals surface area contributed by atoms with E-state index >= 15 is 0 Å². The number of para-hydroxylation sites is 1. The summed E-state index contributed by atoms with van der Waals surface area (Å²) in [5.74, 6) is 0. The summed E-state index contributed by atoms with van der Waals surface area (Å²) in [4.78, 5) is 2.93. The lowest BCUT2D eigenvalue weighted by Crippen LogP contribution is -2.29. The molecule has 0 bridgehead atoms. The van der Waals surface area contributed by atoms with Gasteiger partial charge in [-0.25, -0.2) is 0 Å². The Labute approximate surface area is 118 Å². The summed E-state index contributed by atoms with van der Waals surface area (Å²) >= 11 is 11.4. The van der Waals surface area contributed by atoms with Gasteiger partial charge in [0.2, 0.25) is 0 Å². The second kappa shape index (κ2) is 5.98. The average molecular weight is 276 g/mol. The van der Waals surface area contributed by atoms with E-state index in [2.05, 4.69) is 24.0 Å². The van der Waals surface area contributed by atoms with Gasteiger partial charge in [-0.1, -0.05) is 54.2 Å². The normalized spacial score (nSPS) is 10.1.